The van der Waals surface area contributed by atoms with Gasteiger partial charge in [0.2, 0.25) is 0 Å². The van der Waals surface area contributed by atoms with Crippen LogP contribution in [0.25, 0.3) is 65.4 Å². The summed E-state index contributed by atoms with van der Waals surface area (Å²) < 4.78 is 9.23. The lowest BCUT2D eigenvalue weighted by Gasteiger charge is -2.13. The number of benzene rings is 2. The van der Waals surface area contributed by atoms with E-state index in [1.54, 1.807) is 23.7 Å². The Morgan fingerprint density at radius 2 is 1.83 bits per heavy atom. The number of pyridine rings is 1. The molecule has 0 aliphatic heterocycles. The second-order valence-corrected chi connectivity index (χ2v) is 9.40. The van der Waals surface area contributed by atoms with E-state index in [2.05, 4.69) is 31.6 Å². The first-order chi connectivity index (χ1) is 17.8. The quantitative estimate of drug-likeness (QED) is 0.324. The molecule has 0 aliphatic carbocycles. The molecule has 0 amide bonds. The van der Waals surface area contributed by atoms with Gasteiger partial charge in [-0.05, 0) is 28.5 Å². The van der Waals surface area contributed by atoms with E-state index in [9.17, 15) is 0 Å². The van der Waals surface area contributed by atoms with Gasteiger partial charge in [-0.15, -0.1) is 5.10 Å². The average molecular weight is 487 g/mol. The highest BCUT2D eigenvalue weighted by molar-refractivity contribution is 7.20. The molecular weight excluding hydrogens is 472 g/mol. The van der Waals surface area contributed by atoms with Crippen molar-refractivity contribution in [3.8, 4) is 33.0 Å². The van der Waals surface area contributed by atoms with Gasteiger partial charge in [0.15, 0.2) is 4.96 Å². The third-order valence-electron chi connectivity index (χ3n) is 6.33. The van der Waals surface area contributed by atoms with Crippen molar-refractivity contribution in [2.24, 2.45) is 0 Å². The summed E-state index contributed by atoms with van der Waals surface area (Å²) in [6, 6.07) is 16.0. The molecule has 10 heteroatoms. The van der Waals surface area contributed by atoms with Crippen LogP contribution in [0.3, 0.4) is 0 Å². The number of hydrogen-bond donors (Lipinski definition) is 0. The van der Waals surface area contributed by atoms with Crippen molar-refractivity contribution in [1.82, 2.24) is 39.3 Å². The van der Waals surface area contributed by atoms with Crippen molar-refractivity contribution in [2.75, 3.05) is 0 Å². The fraction of sp³-hybridized carbons (Fsp3) is 0. The average Bonchev–Trinajstić information content (AvgIpc) is 3.70. The number of imidazole rings is 2. The molecule has 0 saturated carbocycles. The second kappa shape index (κ2) is 7.27. The highest BCUT2D eigenvalue weighted by Gasteiger charge is 2.26. The van der Waals surface area contributed by atoms with E-state index in [4.69, 9.17) is 9.61 Å². The normalized spacial score (nSPS) is 11.9. The Kier molecular flexibility index (Phi) is 3.91. The summed E-state index contributed by atoms with van der Waals surface area (Å²) in [4.78, 5) is 11.3. The molecule has 0 N–H and O–H groups in total. The Labute approximate surface area is 206 Å². The van der Waals surface area contributed by atoms with E-state index in [1.807, 2.05) is 76.1 Å². The molecule has 0 atom stereocenters. The standard InChI is InChI=1S/C26H14N8OS/c1-2-6-16-15(5-1)12-28-30-24(16)17-11-18-25(32-35-31-18)23(20-14-34-10-8-27-26(34)36-20)22(17)19-13-33-9-4-3-7-21(33)29-19/h1-14H. The van der Waals surface area contributed by atoms with Gasteiger partial charge in [0.25, 0.3) is 0 Å². The fourth-order valence-corrected chi connectivity index (χ4v) is 5.74. The SMILES string of the molecule is c1ccc2c(-c3cc4nonc4c(-c4cn5ccnc5s4)c3-c3cn4ccccc4n3)nncc2c1. The predicted octanol–water partition coefficient (Wildman–Crippen LogP) is 5.52. The van der Waals surface area contributed by atoms with E-state index >= 15 is 0 Å². The molecule has 6 heterocycles. The van der Waals surface area contributed by atoms with Crippen LogP contribution in [0.2, 0.25) is 0 Å². The zero-order valence-corrected chi connectivity index (χ0v) is 19.3. The van der Waals surface area contributed by atoms with Gasteiger partial charge in [0.05, 0.1) is 16.8 Å². The summed E-state index contributed by atoms with van der Waals surface area (Å²) in [7, 11) is 0. The van der Waals surface area contributed by atoms with Crippen molar-refractivity contribution < 1.29 is 4.63 Å². The van der Waals surface area contributed by atoms with E-state index in [0.717, 1.165) is 54.3 Å². The molecule has 6 aromatic heterocycles. The molecule has 0 radical (unpaired) electrons. The van der Waals surface area contributed by atoms with E-state index in [1.165, 1.54) is 0 Å². The minimum absolute atomic E-state index is 0.633. The van der Waals surface area contributed by atoms with Crippen molar-refractivity contribution in [3.63, 3.8) is 0 Å². The van der Waals surface area contributed by atoms with E-state index in [-0.39, 0.29) is 0 Å². The first-order valence-electron chi connectivity index (χ1n) is 11.2. The third-order valence-corrected chi connectivity index (χ3v) is 7.36. The van der Waals surface area contributed by atoms with Crippen LogP contribution in [0.5, 0.6) is 0 Å². The zero-order chi connectivity index (χ0) is 23.6. The molecule has 0 spiro atoms. The fourth-order valence-electron chi connectivity index (χ4n) is 4.74. The predicted molar refractivity (Wildman–Crippen MR) is 137 cm³/mol. The summed E-state index contributed by atoms with van der Waals surface area (Å²) in [6.07, 6.45) is 11.5. The second-order valence-electron chi connectivity index (χ2n) is 8.39. The van der Waals surface area contributed by atoms with Crippen LogP contribution in [0.4, 0.5) is 0 Å². The Hall–Kier alpha value is -4.96. The lowest BCUT2D eigenvalue weighted by molar-refractivity contribution is 0.315. The lowest BCUT2D eigenvalue weighted by Crippen LogP contribution is -1.96. The van der Waals surface area contributed by atoms with Crippen molar-refractivity contribution >= 4 is 43.8 Å². The van der Waals surface area contributed by atoms with Crippen LogP contribution < -0.4 is 0 Å². The number of nitrogens with zero attached hydrogens (tertiary/aromatic N) is 8. The summed E-state index contributed by atoms with van der Waals surface area (Å²) in [5, 5.41) is 19.4. The van der Waals surface area contributed by atoms with Crippen molar-refractivity contribution in [2.45, 2.75) is 0 Å². The van der Waals surface area contributed by atoms with Crippen LogP contribution in [0.15, 0.2) is 90.3 Å². The molecule has 36 heavy (non-hydrogen) atoms. The van der Waals surface area contributed by atoms with E-state index < -0.39 is 0 Å². The maximum Gasteiger partial charge on any atom is 0.194 e. The van der Waals surface area contributed by atoms with Crippen LogP contribution in [0.1, 0.15) is 0 Å². The molecule has 2 aromatic carbocycles. The minimum Gasteiger partial charge on any atom is -0.306 e. The summed E-state index contributed by atoms with van der Waals surface area (Å²) in [5.41, 5.74) is 6.27. The largest absolute Gasteiger partial charge is 0.306 e. The molecular formula is C26H14N8OS. The maximum atomic E-state index is 5.23. The van der Waals surface area contributed by atoms with Gasteiger partial charge in [0.1, 0.15) is 22.4 Å². The first-order valence-corrected chi connectivity index (χ1v) is 12.0. The molecule has 8 rings (SSSR count). The zero-order valence-electron chi connectivity index (χ0n) is 18.5. The van der Waals surface area contributed by atoms with Gasteiger partial charge < -0.3 is 4.40 Å². The molecule has 9 nitrogen and oxygen atoms in total. The minimum atomic E-state index is 0.633. The highest BCUT2D eigenvalue weighted by atomic mass is 32.1. The summed E-state index contributed by atoms with van der Waals surface area (Å²) in [5.74, 6) is 0. The summed E-state index contributed by atoms with van der Waals surface area (Å²) >= 11 is 1.57. The molecule has 8 aromatic rings. The van der Waals surface area contributed by atoms with Crippen molar-refractivity contribution in [3.05, 3.63) is 85.7 Å². The highest BCUT2D eigenvalue weighted by Crippen LogP contribution is 2.46. The number of aromatic nitrogens is 8. The monoisotopic (exact) mass is 486 g/mol. The summed E-state index contributed by atoms with van der Waals surface area (Å²) in [6.45, 7) is 0. The Bertz CT molecular complexity index is 2020. The number of rotatable bonds is 3. The van der Waals surface area contributed by atoms with Crippen LogP contribution in [0, 0.1) is 0 Å². The third kappa shape index (κ3) is 2.75. The number of thiazole rings is 1. The van der Waals surface area contributed by atoms with Gasteiger partial charge in [0, 0.05) is 58.4 Å². The Morgan fingerprint density at radius 1 is 0.889 bits per heavy atom. The smallest absolute Gasteiger partial charge is 0.194 e. The van der Waals surface area contributed by atoms with E-state index in [0.29, 0.717) is 11.0 Å². The van der Waals surface area contributed by atoms with Gasteiger partial charge >= 0.3 is 0 Å². The number of fused-ring (bicyclic) bond motifs is 4. The molecule has 0 unspecified atom stereocenters. The first kappa shape index (κ1) is 19.4. The molecule has 0 aliphatic rings. The van der Waals surface area contributed by atoms with Gasteiger partial charge in [-0.3, -0.25) is 4.40 Å². The van der Waals surface area contributed by atoms with Crippen LogP contribution in [-0.4, -0.2) is 39.3 Å². The topological polar surface area (TPSA) is 99.3 Å². The molecule has 0 saturated heterocycles. The van der Waals surface area contributed by atoms with Crippen LogP contribution in [-0.2, 0) is 0 Å². The molecule has 0 bridgehead atoms. The Morgan fingerprint density at radius 3 is 2.78 bits per heavy atom. The maximum absolute atomic E-state index is 5.23. The van der Waals surface area contributed by atoms with Crippen molar-refractivity contribution in [1.29, 1.82) is 0 Å². The van der Waals surface area contributed by atoms with Gasteiger partial charge in [-0.25, -0.2) is 14.6 Å². The Balaban J connectivity index is 1.55. The van der Waals surface area contributed by atoms with Crippen LogP contribution >= 0.6 is 11.3 Å². The molecule has 170 valence electrons. The lowest BCUT2D eigenvalue weighted by atomic mass is 9.92. The van der Waals surface area contributed by atoms with Gasteiger partial charge in [-0.1, -0.05) is 41.7 Å². The van der Waals surface area contributed by atoms with Gasteiger partial charge in [-0.2, -0.15) is 5.10 Å². The molecule has 0 fully saturated rings. The number of hydrogen-bond acceptors (Lipinski definition) is 8.